The highest BCUT2D eigenvalue weighted by Crippen LogP contribution is 2.45. The second-order valence-corrected chi connectivity index (χ2v) is 6.66. The largest absolute Gasteiger partial charge is 0.352 e. The van der Waals surface area contributed by atoms with Gasteiger partial charge in [-0.15, -0.1) is 0 Å². The summed E-state index contributed by atoms with van der Waals surface area (Å²) >= 11 is 0. The van der Waals surface area contributed by atoms with Gasteiger partial charge >= 0.3 is 0 Å². The zero-order valence-electron chi connectivity index (χ0n) is 12.6. The van der Waals surface area contributed by atoms with Crippen LogP contribution in [0.25, 0.3) is 0 Å². The Morgan fingerprint density at radius 1 is 1.16 bits per heavy atom. The molecule has 0 heterocycles. The second kappa shape index (κ2) is 6.25. The van der Waals surface area contributed by atoms with E-state index in [1.165, 1.54) is 25.7 Å². The van der Waals surface area contributed by atoms with Gasteiger partial charge in [-0.3, -0.25) is 4.79 Å². The molecule has 0 saturated heterocycles. The lowest BCUT2D eigenvalue weighted by molar-refractivity contribution is -0.132. The molecular formula is C16H30N2O. The van der Waals surface area contributed by atoms with E-state index in [0.717, 1.165) is 37.5 Å². The van der Waals surface area contributed by atoms with Gasteiger partial charge in [0.1, 0.15) is 0 Å². The van der Waals surface area contributed by atoms with Gasteiger partial charge in [-0.1, -0.05) is 26.7 Å². The molecule has 3 nitrogen and oxygen atoms in total. The highest BCUT2D eigenvalue weighted by Gasteiger charge is 2.45. The molecule has 0 unspecified atom stereocenters. The van der Waals surface area contributed by atoms with Gasteiger partial charge in [0.2, 0.25) is 5.91 Å². The molecule has 0 aliphatic heterocycles. The fourth-order valence-electron chi connectivity index (χ4n) is 3.44. The van der Waals surface area contributed by atoms with Crippen molar-refractivity contribution >= 4 is 5.91 Å². The number of nitrogens with one attached hydrogen (secondary N) is 1. The maximum atomic E-state index is 12.8. The van der Waals surface area contributed by atoms with Crippen LogP contribution in [0.1, 0.15) is 65.2 Å². The summed E-state index contributed by atoms with van der Waals surface area (Å²) in [6.45, 7) is 4.78. The van der Waals surface area contributed by atoms with Crippen LogP contribution in [0.3, 0.4) is 0 Å². The number of carbonyl (C=O) groups excluding carboxylic acids is 1. The first kappa shape index (κ1) is 14.8. The highest BCUT2D eigenvalue weighted by atomic mass is 16.2. The minimum atomic E-state index is -0.314. The second-order valence-electron chi connectivity index (χ2n) is 6.66. The Hall–Kier alpha value is -0.570. The first-order chi connectivity index (χ1) is 9.16. The van der Waals surface area contributed by atoms with Gasteiger partial charge < -0.3 is 11.1 Å². The Labute approximate surface area is 117 Å². The molecule has 0 aromatic carbocycles. The van der Waals surface area contributed by atoms with Gasteiger partial charge in [0.15, 0.2) is 0 Å². The fraction of sp³-hybridized carbons (Fsp3) is 0.938. The van der Waals surface area contributed by atoms with E-state index in [1.807, 2.05) is 0 Å². The normalized spacial score (nSPS) is 19.8. The average molecular weight is 266 g/mol. The molecule has 0 atom stereocenters. The van der Waals surface area contributed by atoms with Crippen molar-refractivity contribution in [2.45, 2.75) is 71.3 Å². The molecule has 2 aliphatic rings. The van der Waals surface area contributed by atoms with E-state index < -0.39 is 0 Å². The highest BCUT2D eigenvalue weighted by molar-refractivity contribution is 5.83. The topological polar surface area (TPSA) is 55.1 Å². The lowest BCUT2D eigenvalue weighted by atomic mass is 9.78. The van der Waals surface area contributed by atoms with Gasteiger partial charge in [-0.25, -0.2) is 0 Å². The summed E-state index contributed by atoms with van der Waals surface area (Å²) in [5.41, 5.74) is 5.67. The third-order valence-corrected chi connectivity index (χ3v) is 4.89. The molecule has 110 valence electrons. The first-order valence-corrected chi connectivity index (χ1v) is 8.18. The van der Waals surface area contributed by atoms with Crippen LogP contribution >= 0.6 is 0 Å². The molecule has 2 saturated carbocycles. The lowest BCUT2D eigenvalue weighted by Crippen LogP contribution is -2.50. The first-order valence-electron chi connectivity index (χ1n) is 8.18. The van der Waals surface area contributed by atoms with Gasteiger partial charge in [0, 0.05) is 12.6 Å². The summed E-state index contributed by atoms with van der Waals surface area (Å²) < 4.78 is 0. The van der Waals surface area contributed by atoms with E-state index in [0.29, 0.717) is 12.6 Å². The Bertz CT molecular complexity index is 290. The zero-order valence-corrected chi connectivity index (χ0v) is 12.6. The van der Waals surface area contributed by atoms with E-state index in [9.17, 15) is 4.79 Å². The van der Waals surface area contributed by atoms with Crippen LogP contribution < -0.4 is 11.1 Å². The third-order valence-electron chi connectivity index (χ3n) is 4.89. The molecule has 0 aromatic heterocycles. The molecule has 2 aliphatic carbocycles. The van der Waals surface area contributed by atoms with Crippen molar-refractivity contribution in [3.63, 3.8) is 0 Å². The van der Waals surface area contributed by atoms with Crippen LogP contribution in [-0.2, 0) is 4.79 Å². The molecule has 3 heteroatoms. The standard InChI is InChI=1S/C16H30N2O/c1-3-9-16(11-17,10-4-2)15(19)18-14(12-5-6-12)13-7-8-13/h12-14H,3-11,17H2,1-2H3,(H,18,19). The summed E-state index contributed by atoms with van der Waals surface area (Å²) in [6.07, 6.45) is 9.12. The fourth-order valence-corrected chi connectivity index (χ4v) is 3.44. The quantitative estimate of drug-likeness (QED) is 0.674. The maximum Gasteiger partial charge on any atom is 0.227 e. The number of amides is 1. The van der Waals surface area contributed by atoms with E-state index in [4.69, 9.17) is 5.73 Å². The van der Waals surface area contributed by atoms with Crippen LogP contribution in [0.4, 0.5) is 0 Å². The Morgan fingerprint density at radius 2 is 1.63 bits per heavy atom. The number of rotatable bonds is 9. The van der Waals surface area contributed by atoms with Crippen LogP contribution in [0.5, 0.6) is 0 Å². The molecule has 2 rings (SSSR count). The van der Waals surface area contributed by atoms with Crippen molar-refractivity contribution in [1.82, 2.24) is 5.32 Å². The molecule has 1 amide bonds. The molecule has 0 radical (unpaired) electrons. The Kier molecular flexibility index (Phi) is 4.88. The molecule has 2 fully saturated rings. The summed E-state index contributed by atoms with van der Waals surface area (Å²) in [5.74, 6) is 1.76. The van der Waals surface area contributed by atoms with Crippen molar-refractivity contribution in [2.75, 3.05) is 6.54 Å². The predicted octanol–water partition coefficient (Wildman–Crippen LogP) is 2.84. The van der Waals surface area contributed by atoms with Crippen molar-refractivity contribution in [2.24, 2.45) is 23.0 Å². The zero-order chi connectivity index (χ0) is 13.9. The van der Waals surface area contributed by atoms with Crippen molar-refractivity contribution in [3.8, 4) is 0 Å². The number of hydrogen-bond donors (Lipinski definition) is 2. The van der Waals surface area contributed by atoms with Gasteiger partial charge in [0.25, 0.3) is 0 Å². The van der Waals surface area contributed by atoms with E-state index in [-0.39, 0.29) is 11.3 Å². The minimum Gasteiger partial charge on any atom is -0.352 e. The lowest BCUT2D eigenvalue weighted by Gasteiger charge is -2.33. The molecule has 0 bridgehead atoms. The Morgan fingerprint density at radius 3 is 1.95 bits per heavy atom. The van der Waals surface area contributed by atoms with Crippen molar-refractivity contribution < 1.29 is 4.79 Å². The van der Waals surface area contributed by atoms with Crippen LogP contribution in [0, 0.1) is 17.3 Å². The summed E-state index contributed by atoms with van der Waals surface area (Å²) in [5, 5.41) is 3.38. The molecular weight excluding hydrogens is 236 g/mol. The molecule has 3 N–H and O–H groups in total. The number of nitrogens with two attached hydrogens (primary N) is 1. The van der Waals surface area contributed by atoms with Gasteiger partial charge in [-0.05, 0) is 50.4 Å². The van der Waals surface area contributed by atoms with E-state index in [1.54, 1.807) is 0 Å². The van der Waals surface area contributed by atoms with Gasteiger partial charge in [0.05, 0.1) is 5.41 Å². The molecule has 0 spiro atoms. The van der Waals surface area contributed by atoms with Gasteiger partial charge in [-0.2, -0.15) is 0 Å². The van der Waals surface area contributed by atoms with Crippen LogP contribution in [0.15, 0.2) is 0 Å². The SMILES string of the molecule is CCCC(CN)(CCC)C(=O)NC(C1CC1)C1CC1. The van der Waals surface area contributed by atoms with E-state index >= 15 is 0 Å². The van der Waals surface area contributed by atoms with E-state index in [2.05, 4.69) is 19.2 Å². The molecule has 19 heavy (non-hydrogen) atoms. The number of carbonyl (C=O) groups is 1. The monoisotopic (exact) mass is 266 g/mol. The smallest absolute Gasteiger partial charge is 0.227 e. The molecule has 0 aromatic rings. The maximum absolute atomic E-state index is 12.8. The number of hydrogen-bond acceptors (Lipinski definition) is 2. The van der Waals surface area contributed by atoms with Crippen molar-refractivity contribution in [1.29, 1.82) is 0 Å². The van der Waals surface area contributed by atoms with Crippen LogP contribution in [0.2, 0.25) is 0 Å². The van der Waals surface area contributed by atoms with Crippen LogP contribution in [-0.4, -0.2) is 18.5 Å². The summed E-state index contributed by atoms with van der Waals surface area (Å²) in [4.78, 5) is 12.8. The predicted molar refractivity (Wildman–Crippen MR) is 78.7 cm³/mol. The summed E-state index contributed by atoms with van der Waals surface area (Å²) in [6, 6.07) is 0.451. The van der Waals surface area contributed by atoms with Crippen molar-refractivity contribution in [3.05, 3.63) is 0 Å². The third kappa shape index (κ3) is 3.50. The average Bonchev–Trinajstić information content (AvgIpc) is 3.28. The Balaban J connectivity index is 2.00. The summed E-state index contributed by atoms with van der Waals surface area (Å²) in [7, 11) is 0. The minimum absolute atomic E-state index is 0.238.